The van der Waals surface area contributed by atoms with Gasteiger partial charge in [0.15, 0.2) is 6.10 Å². The quantitative estimate of drug-likeness (QED) is 0.654. The number of hydrogen-bond donors (Lipinski definition) is 1. The third-order valence-electron chi connectivity index (χ3n) is 3.23. The largest absolute Gasteiger partial charge is 0.449 e. The summed E-state index contributed by atoms with van der Waals surface area (Å²) in [6, 6.07) is 15.3. The van der Waals surface area contributed by atoms with E-state index >= 15 is 0 Å². The number of anilines is 1. The number of nitrogens with zero attached hydrogens (tertiary/aromatic N) is 1. The Bertz CT molecular complexity index is 821. The second-order valence-corrected chi connectivity index (χ2v) is 5.58. The van der Waals surface area contributed by atoms with Gasteiger partial charge < -0.3 is 10.1 Å². The van der Waals surface area contributed by atoms with Crippen molar-refractivity contribution in [3.63, 3.8) is 0 Å². The average molecular weight is 355 g/mol. The van der Waals surface area contributed by atoms with Crippen LogP contribution in [0.3, 0.4) is 0 Å². The average Bonchev–Trinajstić information content (AvgIpc) is 2.62. The van der Waals surface area contributed by atoms with E-state index in [1.165, 1.54) is 13.0 Å². The number of carbonyl (C=O) groups is 2. The minimum absolute atomic E-state index is 0.442. The van der Waals surface area contributed by atoms with E-state index in [4.69, 9.17) is 21.6 Å². The van der Waals surface area contributed by atoms with Gasteiger partial charge in [-0.2, -0.15) is 5.26 Å². The summed E-state index contributed by atoms with van der Waals surface area (Å²) in [6.45, 7) is 1.48. The number of esters is 1. The van der Waals surface area contributed by atoms with E-state index in [1.54, 1.807) is 54.6 Å². The summed E-state index contributed by atoms with van der Waals surface area (Å²) in [7, 11) is 0. The molecular formula is C19H15ClN2O3. The minimum Gasteiger partial charge on any atom is -0.449 e. The van der Waals surface area contributed by atoms with E-state index in [1.807, 2.05) is 6.07 Å². The highest BCUT2D eigenvalue weighted by Gasteiger charge is 2.16. The molecule has 25 heavy (non-hydrogen) atoms. The molecule has 0 aliphatic heterocycles. The highest BCUT2D eigenvalue weighted by atomic mass is 35.5. The molecule has 1 N–H and O–H groups in total. The van der Waals surface area contributed by atoms with Gasteiger partial charge in [-0.3, -0.25) is 4.79 Å². The van der Waals surface area contributed by atoms with Crippen LogP contribution in [0.4, 0.5) is 5.69 Å². The molecule has 0 aromatic heterocycles. The number of nitriles is 1. The maximum Gasteiger partial charge on any atom is 0.331 e. The van der Waals surface area contributed by atoms with Crippen LogP contribution in [0.5, 0.6) is 0 Å². The lowest BCUT2D eigenvalue weighted by molar-refractivity contribution is -0.148. The molecule has 0 saturated carbocycles. The molecule has 2 aromatic carbocycles. The van der Waals surface area contributed by atoms with Crippen LogP contribution in [0.15, 0.2) is 54.6 Å². The van der Waals surface area contributed by atoms with Crippen molar-refractivity contribution in [3.05, 3.63) is 70.8 Å². The number of ether oxygens (including phenoxy) is 1. The van der Waals surface area contributed by atoms with E-state index in [-0.39, 0.29) is 0 Å². The highest BCUT2D eigenvalue weighted by Crippen LogP contribution is 2.14. The summed E-state index contributed by atoms with van der Waals surface area (Å²) < 4.78 is 5.06. The number of halogens is 1. The third kappa shape index (κ3) is 5.79. The zero-order valence-electron chi connectivity index (χ0n) is 13.4. The summed E-state index contributed by atoms with van der Waals surface area (Å²) in [5.41, 5.74) is 1.84. The molecule has 0 bridgehead atoms. The molecule has 6 heteroatoms. The summed E-state index contributed by atoms with van der Waals surface area (Å²) >= 11 is 5.78. The molecule has 0 heterocycles. The van der Waals surface area contributed by atoms with Gasteiger partial charge in [0.2, 0.25) is 0 Å². The van der Waals surface area contributed by atoms with E-state index in [2.05, 4.69) is 5.32 Å². The Kier molecular flexibility index (Phi) is 6.33. The Morgan fingerprint density at radius 3 is 2.40 bits per heavy atom. The molecule has 5 nitrogen and oxygen atoms in total. The molecule has 126 valence electrons. The zero-order valence-corrected chi connectivity index (χ0v) is 14.2. The van der Waals surface area contributed by atoms with Crippen molar-refractivity contribution in [2.45, 2.75) is 13.0 Å². The number of carbonyl (C=O) groups excluding carboxylic acids is 2. The third-order valence-corrected chi connectivity index (χ3v) is 3.48. The van der Waals surface area contributed by atoms with Gasteiger partial charge in [0.1, 0.15) is 0 Å². The van der Waals surface area contributed by atoms with Crippen LogP contribution in [0.2, 0.25) is 5.02 Å². The van der Waals surface area contributed by atoms with Crippen molar-refractivity contribution in [1.29, 1.82) is 5.26 Å². The van der Waals surface area contributed by atoms with Crippen LogP contribution in [0.25, 0.3) is 6.08 Å². The number of rotatable bonds is 5. The number of hydrogen-bond acceptors (Lipinski definition) is 4. The maximum atomic E-state index is 12.0. The first-order chi connectivity index (χ1) is 12.0. The first-order valence-corrected chi connectivity index (χ1v) is 7.81. The van der Waals surface area contributed by atoms with Crippen LogP contribution >= 0.6 is 11.6 Å². The first-order valence-electron chi connectivity index (χ1n) is 7.43. The van der Waals surface area contributed by atoms with Gasteiger partial charge in [0.25, 0.3) is 5.91 Å². The van der Waals surface area contributed by atoms with Gasteiger partial charge in [-0.25, -0.2) is 4.79 Å². The summed E-state index contributed by atoms with van der Waals surface area (Å²) in [5, 5.41) is 11.9. The fourth-order valence-electron chi connectivity index (χ4n) is 1.88. The Balaban J connectivity index is 1.87. The van der Waals surface area contributed by atoms with E-state index < -0.39 is 18.0 Å². The van der Waals surface area contributed by atoms with Crippen molar-refractivity contribution < 1.29 is 14.3 Å². The zero-order chi connectivity index (χ0) is 18.2. The number of nitrogens with one attached hydrogen (secondary N) is 1. The van der Waals surface area contributed by atoms with Crippen LogP contribution < -0.4 is 5.32 Å². The second kappa shape index (κ2) is 8.67. The molecule has 2 aromatic rings. The van der Waals surface area contributed by atoms with E-state index in [0.29, 0.717) is 16.3 Å². The maximum absolute atomic E-state index is 12.0. The smallest absolute Gasteiger partial charge is 0.331 e. The van der Waals surface area contributed by atoms with E-state index in [0.717, 1.165) is 5.56 Å². The van der Waals surface area contributed by atoms with E-state index in [9.17, 15) is 9.59 Å². The lowest BCUT2D eigenvalue weighted by Crippen LogP contribution is -2.29. The van der Waals surface area contributed by atoms with Crippen molar-refractivity contribution in [3.8, 4) is 6.07 Å². The molecule has 0 saturated heterocycles. The summed E-state index contributed by atoms with van der Waals surface area (Å²) in [6.07, 6.45) is 1.83. The lowest BCUT2D eigenvalue weighted by Gasteiger charge is -2.12. The fourth-order valence-corrected chi connectivity index (χ4v) is 2.00. The van der Waals surface area contributed by atoms with Crippen molar-refractivity contribution in [2.24, 2.45) is 0 Å². The van der Waals surface area contributed by atoms with Gasteiger partial charge >= 0.3 is 5.97 Å². The van der Waals surface area contributed by atoms with Gasteiger partial charge in [-0.1, -0.05) is 23.7 Å². The lowest BCUT2D eigenvalue weighted by atomic mass is 10.1. The van der Waals surface area contributed by atoms with Crippen molar-refractivity contribution in [1.82, 2.24) is 0 Å². The Hall–Kier alpha value is -3.10. The topological polar surface area (TPSA) is 79.2 Å². The van der Waals surface area contributed by atoms with Gasteiger partial charge in [0.05, 0.1) is 11.6 Å². The SMILES string of the molecule is C[C@H](OC(=O)/C=C/c1ccc(C#N)cc1)C(=O)Nc1ccc(Cl)cc1. The van der Waals surface area contributed by atoms with Gasteiger partial charge in [0, 0.05) is 16.8 Å². The molecule has 0 aliphatic carbocycles. The molecule has 2 rings (SSSR count). The van der Waals surface area contributed by atoms with Crippen LogP contribution in [-0.4, -0.2) is 18.0 Å². The van der Waals surface area contributed by atoms with Gasteiger partial charge in [-0.05, 0) is 55.0 Å². The molecule has 0 unspecified atom stereocenters. The summed E-state index contributed by atoms with van der Waals surface area (Å²) in [5.74, 6) is -1.08. The monoisotopic (exact) mass is 354 g/mol. The Labute approximate surface area is 150 Å². The van der Waals surface area contributed by atoms with Gasteiger partial charge in [-0.15, -0.1) is 0 Å². The highest BCUT2D eigenvalue weighted by molar-refractivity contribution is 6.30. The Morgan fingerprint density at radius 1 is 1.16 bits per heavy atom. The molecule has 0 fully saturated rings. The van der Waals surface area contributed by atoms with Crippen LogP contribution in [-0.2, 0) is 14.3 Å². The molecule has 0 spiro atoms. The molecule has 1 amide bonds. The molecular weight excluding hydrogens is 340 g/mol. The Morgan fingerprint density at radius 2 is 1.80 bits per heavy atom. The normalized spacial score (nSPS) is 11.6. The fraction of sp³-hybridized carbons (Fsp3) is 0.105. The summed E-state index contributed by atoms with van der Waals surface area (Å²) in [4.78, 5) is 23.8. The van der Waals surface area contributed by atoms with Crippen LogP contribution in [0.1, 0.15) is 18.1 Å². The molecule has 0 aliphatic rings. The standard InChI is InChI=1S/C19H15ClN2O3/c1-13(19(24)22-17-9-7-16(20)8-10-17)25-18(23)11-6-14-2-4-15(12-21)5-3-14/h2-11,13H,1H3,(H,22,24)/b11-6+/t13-/m0/s1. The number of amides is 1. The predicted molar refractivity (Wildman–Crippen MR) is 95.8 cm³/mol. The van der Waals surface area contributed by atoms with Crippen molar-refractivity contribution in [2.75, 3.05) is 5.32 Å². The second-order valence-electron chi connectivity index (χ2n) is 5.14. The first kappa shape index (κ1) is 18.2. The molecule has 1 atom stereocenters. The predicted octanol–water partition coefficient (Wildman–Crippen LogP) is 3.80. The minimum atomic E-state index is -0.950. The molecule has 0 radical (unpaired) electrons. The van der Waals surface area contributed by atoms with Crippen LogP contribution in [0, 0.1) is 11.3 Å². The number of benzene rings is 2. The van der Waals surface area contributed by atoms with Crippen molar-refractivity contribution >= 4 is 35.2 Å².